The molecule has 0 saturated heterocycles. The highest BCUT2D eigenvalue weighted by molar-refractivity contribution is 9.10. The van der Waals surface area contributed by atoms with Crippen LogP contribution < -0.4 is 10.1 Å². The van der Waals surface area contributed by atoms with Crippen LogP contribution in [0.25, 0.3) is 0 Å². The summed E-state index contributed by atoms with van der Waals surface area (Å²) in [4.78, 5) is 22.2. The molecule has 0 fully saturated rings. The van der Waals surface area contributed by atoms with Gasteiger partial charge in [0.2, 0.25) is 0 Å². The summed E-state index contributed by atoms with van der Waals surface area (Å²) in [6.45, 7) is 1.68. The monoisotopic (exact) mass is 364 g/mol. The van der Waals surface area contributed by atoms with Crippen LogP contribution in [0.3, 0.4) is 0 Å². The van der Waals surface area contributed by atoms with E-state index in [0.29, 0.717) is 5.75 Å². The van der Waals surface area contributed by atoms with Gasteiger partial charge in [0.15, 0.2) is 6.61 Å². The number of carbonyl (C=O) groups excluding carboxylic acids is 1. The summed E-state index contributed by atoms with van der Waals surface area (Å²) in [5.74, 6) is 0.0910. The molecular weight excluding hydrogens is 352 g/mol. The molecule has 1 amide bonds. The highest BCUT2D eigenvalue weighted by Crippen LogP contribution is 2.24. The summed E-state index contributed by atoms with van der Waals surface area (Å²) < 4.78 is 6.32. The van der Waals surface area contributed by atoms with Crippen molar-refractivity contribution in [3.63, 3.8) is 0 Å². The van der Waals surface area contributed by atoms with E-state index in [4.69, 9.17) is 4.74 Å². The Hall–Kier alpha value is -2.41. The van der Waals surface area contributed by atoms with Gasteiger partial charge in [0.25, 0.3) is 11.6 Å². The van der Waals surface area contributed by atoms with Crippen molar-refractivity contribution in [3.05, 3.63) is 62.6 Å². The lowest BCUT2D eigenvalue weighted by molar-refractivity contribution is -0.383. The Bertz CT molecular complexity index is 718. The number of nitrogens with one attached hydrogen (secondary N) is 1. The van der Waals surface area contributed by atoms with Gasteiger partial charge in [0.1, 0.15) is 11.4 Å². The zero-order valence-corrected chi connectivity index (χ0v) is 13.3. The number of rotatable bonds is 5. The van der Waals surface area contributed by atoms with Crippen molar-refractivity contribution in [2.45, 2.75) is 6.92 Å². The highest BCUT2D eigenvalue weighted by atomic mass is 79.9. The maximum absolute atomic E-state index is 11.8. The first kappa shape index (κ1) is 16.0. The average Bonchev–Trinajstić information content (AvgIpc) is 2.49. The third-order valence-electron chi connectivity index (χ3n) is 2.87. The smallest absolute Gasteiger partial charge is 0.292 e. The van der Waals surface area contributed by atoms with E-state index in [-0.39, 0.29) is 18.0 Å². The predicted molar refractivity (Wildman–Crippen MR) is 86.1 cm³/mol. The molecule has 2 aromatic carbocycles. The number of nitro groups is 1. The first-order chi connectivity index (χ1) is 10.5. The summed E-state index contributed by atoms with van der Waals surface area (Å²) in [5.41, 5.74) is 0.972. The molecule has 0 heterocycles. The molecule has 114 valence electrons. The van der Waals surface area contributed by atoms with Gasteiger partial charge in [0.05, 0.1) is 4.92 Å². The molecule has 0 saturated carbocycles. The molecule has 2 rings (SSSR count). The number of nitro benzene ring substituents is 1. The number of ether oxygens (including phenoxy) is 1. The van der Waals surface area contributed by atoms with Crippen molar-refractivity contribution in [2.24, 2.45) is 0 Å². The summed E-state index contributed by atoms with van der Waals surface area (Å²) in [7, 11) is 0. The fourth-order valence-corrected chi connectivity index (χ4v) is 2.03. The van der Waals surface area contributed by atoms with E-state index in [9.17, 15) is 14.9 Å². The van der Waals surface area contributed by atoms with Crippen molar-refractivity contribution in [1.29, 1.82) is 0 Å². The molecular formula is C15H13BrN2O4. The molecule has 0 aromatic heterocycles. The van der Waals surface area contributed by atoms with Gasteiger partial charge in [-0.3, -0.25) is 14.9 Å². The molecule has 0 atom stereocenters. The molecule has 0 unspecified atom stereocenters. The van der Waals surface area contributed by atoms with Gasteiger partial charge < -0.3 is 10.1 Å². The van der Waals surface area contributed by atoms with Gasteiger partial charge in [0, 0.05) is 10.5 Å². The number of carbonyl (C=O) groups is 1. The van der Waals surface area contributed by atoms with Crippen molar-refractivity contribution < 1.29 is 14.5 Å². The van der Waals surface area contributed by atoms with Crippen LogP contribution in [0.15, 0.2) is 46.9 Å². The fraction of sp³-hybridized carbons (Fsp3) is 0.133. The maximum Gasteiger partial charge on any atom is 0.292 e. The first-order valence-corrected chi connectivity index (χ1v) is 7.19. The minimum atomic E-state index is -0.547. The second-order valence-electron chi connectivity index (χ2n) is 4.52. The zero-order valence-electron chi connectivity index (χ0n) is 11.7. The summed E-state index contributed by atoms with van der Waals surface area (Å²) in [6, 6.07) is 11.3. The Kier molecular flexibility index (Phi) is 5.11. The van der Waals surface area contributed by atoms with Crippen LogP contribution in [0, 0.1) is 17.0 Å². The second kappa shape index (κ2) is 7.04. The number of halogens is 1. The zero-order chi connectivity index (χ0) is 16.1. The Morgan fingerprint density at radius 3 is 2.73 bits per heavy atom. The third kappa shape index (κ3) is 4.05. The van der Waals surface area contributed by atoms with Crippen LogP contribution in [0.5, 0.6) is 5.75 Å². The van der Waals surface area contributed by atoms with E-state index >= 15 is 0 Å². The van der Waals surface area contributed by atoms with Gasteiger partial charge >= 0.3 is 0 Å². The summed E-state index contributed by atoms with van der Waals surface area (Å²) in [5, 5.41) is 13.3. The van der Waals surface area contributed by atoms with E-state index in [1.807, 2.05) is 13.0 Å². The predicted octanol–water partition coefficient (Wildman–Crippen LogP) is 3.68. The minimum absolute atomic E-state index is 0.146. The average molecular weight is 365 g/mol. The molecule has 0 aliphatic carbocycles. The second-order valence-corrected chi connectivity index (χ2v) is 5.38. The fourth-order valence-electron chi connectivity index (χ4n) is 1.78. The lowest BCUT2D eigenvalue weighted by Gasteiger charge is -2.09. The molecule has 0 radical (unpaired) electrons. The molecule has 0 spiro atoms. The van der Waals surface area contributed by atoms with Crippen molar-refractivity contribution in [1.82, 2.24) is 0 Å². The highest BCUT2D eigenvalue weighted by Gasteiger charge is 2.14. The number of hydrogen-bond acceptors (Lipinski definition) is 4. The van der Waals surface area contributed by atoms with Crippen molar-refractivity contribution in [3.8, 4) is 5.75 Å². The van der Waals surface area contributed by atoms with Crippen molar-refractivity contribution in [2.75, 3.05) is 11.9 Å². The van der Waals surface area contributed by atoms with E-state index < -0.39 is 10.8 Å². The van der Waals surface area contributed by atoms with Crippen LogP contribution in [-0.2, 0) is 4.79 Å². The molecule has 0 aliphatic heterocycles. The number of benzene rings is 2. The van der Waals surface area contributed by atoms with Crippen LogP contribution in [-0.4, -0.2) is 17.4 Å². The standard InChI is InChI=1S/C15H13BrN2O4/c1-10-8-11(6-7-12(10)16)22-9-15(19)17-13-4-2-3-5-14(13)18(20)21/h2-8H,9H2,1H3,(H,17,19). The van der Waals surface area contributed by atoms with Gasteiger partial charge in [-0.2, -0.15) is 0 Å². The first-order valence-electron chi connectivity index (χ1n) is 6.39. The number of aryl methyl sites for hydroxylation is 1. The lowest BCUT2D eigenvalue weighted by Crippen LogP contribution is -2.20. The van der Waals surface area contributed by atoms with Crippen LogP contribution >= 0.6 is 15.9 Å². The SMILES string of the molecule is Cc1cc(OCC(=O)Nc2ccccc2[N+](=O)[O-])ccc1Br. The number of hydrogen-bond donors (Lipinski definition) is 1. The van der Waals surface area contributed by atoms with Crippen LogP contribution in [0.2, 0.25) is 0 Å². The van der Waals surface area contributed by atoms with Gasteiger partial charge in [-0.1, -0.05) is 28.1 Å². The molecule has 1 N–H and O–H groups in total. The molecule has 7 heteroatoms. The summed E-state index contributed by atoms with van der Waals surface area (Å²) in [6.07, 6.45) is 0. The lowest BCUT2D eigenvalue weighted by atomic mass is 10.2. The Labute approximate surface area is 135 Å². The van der Waals surface area contributed by atoms with E-state index in [1.54, 1.807) is 18.2 Å². The largest absolute Gasteiger partial charge is 0.484 e. The Morgan fingerprint density at radius 2 is 2.05 bits per heavy atom. The number of para-hydroxylation sites is 2. The third-order valence-corrected chi connectivity index (χ3v) is 3.76. The number of nitrogens with zero attached hydrogens (tertiary/aromatic N) is 1. The quantitative estimate of drug-likeness (QED) is 0.647. The van der Waals surface area contributed by atoms with E-state index in [1.165, 1.54) is 18.2 Å². The number of anilines is 1. The molecule has 0 bridgehead atoms. The molecule has 22 heavy (non-hydrogen) atoms. The Morgan fingerprint density at radius 1 is 1.32 bits per heavy atom. The summed E-state index contributed by atoms with van der Waals surface area (Å²) >= 11 is 3.38. The molecule has 6 nitrogen and oxygen atoms in total. The van der Waals surface area contributed by atoms with Gasteiger partial charge in [-0.15, -0.1) is 0 Å². The molecule has 0 aliphatic rings. The maximum atomic E-state index is 11.8. The van der Waals surface area contributed by atoms with Crippen LogP contribution in [0.4, 0.5) is 11.4 Å². The molecule has 2 aromatic rings. The van der Waals surface area contributed by atoms with Gasteiger partial charge in [-0.05, 0) is 36.8 Å². The van der Waals surface area contributed by atoms with Crippen molar-refractivity contribution >= 4 is 33.2 Å². The van der Waals surface area contributed by atoms with Gasteiger partial charge in [-0.25, -0.2) is 0 Å². The number of amides is 1. The normalized spacial score (nSPS) is 10.1. The van der Waals surface area contributed by atoms with Crippen LogP contribution in [0.1, 0.15) is 5.56 Å². The van der Waals surface area contributed by atoms with E-state index in [0.717, 1.165) is 10.0 Å². The Balaban J connectivity index is 1.99. The minimum Gasteiger partial charge on any atom is -0.484 e. The topological polar surface area (TPSA) is 81.5 Å². The van der Waals surface area contributed by atoms with E-state index in [2.05, 4.69) is 21.2 Å².